The average Bonchev–Trinajstić information content (AvgIpc) is 3.12. The van der Waals surface area contributed by atoms with Crippen molar-refractivity contribution in [2.24, 2.45) is 17.2 Å². The molecule has 5 atom stereocenters. The molecule has 2 aromatic rings. The number of carboxylic acids is 4. The summed E-state index contributed by atoms with van der Waals surface area (Å²) in [5, 5.41) is 47.0. The van der Waals surface area contributed by atoms with Gasteiger partial charge in [-0.15, -0.1) is 0 Å². The van der Waals surface area contributed by atoms with Gasteiger partial charge in [0.05, 0.1) is 37.9 Å². The molecule has 6 amide bonds. The molecule has 14 N–H and O–H groups in total. The average molecular weight is 789 g/mol. The van der Waals surface area contributed by atoms with E-state index in [-0.39, 0.29) is 18.7 Å². The second-order valence-corrected chi connectivity index (χ2v) is 12.3. The van der Waals surface area contributed by atoms with E-state index >= 15 is 0 Å². The zero-order valence-electron chi connectivity index (χ0n) is 29.8. The van der Waals surface area contributed by atoms with Gasteiger partial charge in [0.1, 0.15) is 30.2 Å². The van der Waals surface area contributed by atoms with Crippen molar-refractivity contribution in [1.29, 1.82) is 0 Å². The molecule has 0 radical (unpaired) electrons. The van der Waals surface area contributed by atoms with Gasteiger partial charge in [-0.05, 0) is 37.3 Å². The zero-order valence-corrected chi connectivity index (χ0v) is 29.8. The molecule has 2 rings (SSSR count). The summed E-state index contributed by atoms with van der Waals surface area (Å²) in [6, 6.07) is 1.87. The molecule has 0 saturated carbocycles. The number of amides is 6. The number of rotatable bonds is 24. The number of nitrogens with one attached hydrogen (secondary N) is 4. The van der Waals surface area contributed by atoms with Gasteiger partial charge in [-0.25, -0.2) is 0 Å². The molecule has 0 spiro atoms. The number of anilines is 1. The lowest BCUT2D eigenvalue weighted by atomic mass is 10.0. The van der Waals surface area contributed by atoms with Crippen LogP contribution in [0.2, 0.25) is 0 Å². The first-order chi connectivity index (χ1) is 26.4. The fourth-order valence-corrected chi connectivity index (χ4v) is 5.50. The monoisotopic (exact) mass is 788 g/mol. The van der Waals surface area contributed by atoms with E-state index in [1.165, 1.54) is 6.07 Å². The summed E-state index contributed by atoms with van der Waals surface area (Å²) in [5.74, 6) is -14.0. The van der Waals surface area contributed by atoms with Crippen LogP contribution in [0.4, 0.5) is 5.69 Å². The summed E-state index contributed by atoms with van der Waals surface area (Å²) in [4.78, 5) is 127. The Morgan fingerprint density at radius 1 is 0.589 bits per heavy atom. The van der Waals surface area contributed by atoms with Crippen LogP contribution in [0.15, 0.2) is 42.5 Å². The number of nitrogens with zero attached hydrogens (tertiary/aromatic N) is 1. The minimum atomic E-state index is -2.15. The van der Waals surface area contributed by atoms with E-state index < -0.39 is 122 Å². The number of carboxylic acid groups (broad SMARTS) is 4. The number of unbranched alkanes of at least 4 members (excludes halogenated alkanes) is 1. The molecule has 0 aromatic heterocycles. The van der Waals surface area contributed by atoms with Gasteiger partial charge in [-0.1, -0.05) is 36.4 Å². The number of carbonyl (C=O) groups is 10. The maximum Gasteiger partial charge on any atom is 0.305 e. The fourth-order valence-electron chi connectivity index (χ4n) is 5.50. The van der Waals surface area contributed by atoms with Crippen molar-refractivity contribution in [3.8, 4) is 0 Å². The van der Waals surface area contributed by atoms with Crippen molar-refractivity contribution >= 4 is 75.8 Å². The lowest BCUT2D eigenvalue weighted by molar-refractivity contribution is -0.144. The normalized spacial score (nSPS) is 13.5. The predicted molar refractivity (Wildman–Crippen MR) is 193 cm³/mol. The summed E-state index contributed by atoms with van der Waals surface area (Å²) in [6.07, 6.45) is -3.88. The van der Waals surface area contributed by atoms with Gasteiger partial charge in [-0.2, -0.15) is 0 Å². The van der Waals surface area contributed by atoms with Crippen molar-refractivity contribution in [1.82, 2.24) is 21.3 Å². The highest BCUT2D eigenvalue weighted by Crippen LogP contribution is 2.30. The molecule has 22 nitrogen and oxygen atoms in total. The van der Waals surface area contributed by atoms with Crippen molar-refractivity contribution < 1.29 is 68.4 Å². The Labute approximate surface area is 318 Å². The highest BCUT2D eigenvalue weighted by Gasteiger charge is 2.39. The molecule has 0 fully saturated rings. The van der Waals surface area contributed by atoms with Crippen LogP contribution in [0.5, 0.6) is 0 Å². The highest BCUT2D eigenvalue weighted by atomic mass is 16.4. The lowest BCUT2D eigenvalue weighted by Crippen LogP contribution is -2.60. The Bertz CT molecular complexity index is 1820. The summed E-state index contributed by atoms with van der Waals surface area (Å²) in [7, 11) is 0. The molecule has 0 aliphatic rings. The number of hydrogen-bond acceptors (Lipinski definition) is 12. The molecule has 2 aromatic carbocycles. The maximum absolute atomic E-state index is 14.4. The third-order valence-corrected chi connectivity index (χ3v) is 8.07. The van der Waals surface area contributed by atoms with Gasteiger partial charge >= 0.3 is 23.9 Å². The topological polar surface area (TPSA) is 381 Å². The zero-order chi connectivity index (χ0) is 42.1. The van der Waals surface area contributed by atoms with E-state index in [0.717, 1.165) is 4.90 Å². The number of nitrogens with two attached hydrogens (primary N) is 3. The maximum atomic E-state index is 14.4. The van der Waals surface area contributed by atoms with Crippen LogP contribution in [-0.2, 0) is 47.9 Å². The Morgan fingerprint density at radius 2 is 1.04 bits per heavy atom. The van der Waals surface area contributed by atoms with Crippen LogP contribution in [0.25, 0.3) is 10.8 Å². The molecule has 22 heteroatoms. The van der Waals surface area contributed by atoms with Crippen molar-refractivity contribution in [3.63, 3.8) is 0 Å². The molecule has 304 valence electrons. The van der Waals surface area contributed by atoms with Gasteiger partial charge in [0.2, 0.25) is 29.5 Å². The highest BCUT2D eigenvalue weighted by molar-refractivity contribution is 6.11. The molecular weight excluding hydrogens is 744 g/mol. The molecule has 56 heavy (non-hydrogen) atoms. The summed E-state index contributed by atoms with van der Waals surface area (Å²) in [5.41, 5.74) is 16.7. The summed E-state index contributed by atoms with van der Waals surface area (Å²) in [6.45, 7) is -0.441. The van der Waals surface area contributed by atoms with E-state index in [1.807, 2.05) is 16.0 Å². The van der Waals surface area contributed by atoms with Gasteiger partial charge in [0, 0.05) is 5.39 Å². The van der Waals surface area contributed by atoms with E-state index in [0.29, 0.717) is 23.6 Å². The largest absolute Gasteiger partial charge is 0.481 e. The first-order valence-electron chi connectivity index (χ1n) is 17.0. The number of primary amides is 1. The second-order valence-electron chi connectivity index (χ2n) is 12.3. The molecule has 0 bridgehead atoms. The van der Waals surface area contributed by atoms with E-state index in [1.54, 1.807) is 36.4 Å². The van der Waals surface area contributed by atoms with Gasteiger partial charge in [0.15, 0.2) is 0 Å². The van der Waals surface area contributed by atoms with Crippen LogP contribution in [0.1, 0.15) is 44.9 Å². The number of carbonyl (C=O) groups excluding carboxylic acids is 6. The Kier molecular flexibility index (Phi) is 17.8. The van der Waals surface area contributed by atoms with Crippen LogP contribution < -0.4 is 43.4 Å². The van der Waals surface area contributed by atoms with Crippen LogP contribution in [0.3, 0.4) is 0 Å². The van der Waals surface area contributed by atoms with Crippen LogP contribution in [0, 0.1) is 0 Å². The minimum absolute atomic E-state index is 0.0349. The Morgan fingerprint density at radius 3 is 1.50 bits per heavy atom. The van der Waals surface area contributed by atoms with E-state index in [9.17, 15) is 63.3 Å². The second kappa shape index (κ2) is 21.9. The molecular formula is C34H44N8O14. The van der Waals surface area contributed by atoms with Crippen molar-refractivity contribution in [3.05, 3.63) is 42.5 Å². The van der Waals surface area contributed by atoms with Crippen LogP contribution >= 0.6 is 0 Å². The first kappa shape index (κ1) is 45.5. The predicted octanol–water partition coefficient (Wildman–Crippen LogP) is -3.05. The van der Waals surface area contributed by atoms with Crippen molar-refractivity contribution in [2.45, 2.75) is 75.2 Å². The standard InChI is InChI=1S/C34H44N8O14/c35-11-4-3-9-24(30(37)52)42(23-10-5-7-17-6-1-2-8-18(17)23)34(56)22(15-29(50)51)41-33(55)21(14-28(48)49)40-32(54)20(13-27(46)47)39-31(53)19(12-26(44)45)38-25(43)16-36/h1-2,5-8,10,19-22,24H,3-4,9,11-16,35-36H2,(H2,37,52)(H,38,43)(H,39,53)(H,40,54)(H,41,55)(H,44,45)(H,46,47)(H,48,49)(H,50,51)/t19-,20-,21-,22-,24-/m0/s1. The third-order valence-electron chi connectivity index (χ3n) is 8.07. The fraction of sp³-hybridized carbons (Fsp3) is 0.412. The van der Waals surface area contributed by atoms with Crippen molar-refractivity contribution in [2.75, 3.05) is 18.0 Å². The number of benzene rings is 2. The molecule has 0 aliphatic heterocycles. The molecule has 0 heterocycles. The third kappa shape index (κ3) is 13.9. The van der Waals surface area contributed by atoms with Crippen LogP contribution in [-0.4, -0.2) is 123 Å². The number of hydrogen-bond donors (Lipinski definition) is 11. The number of fused-ring (bicyclic) bond motifs is 1. The molecule has 0 aliphatic carbocycles. The van der Waals surface area contributed by atoms with Gasteiger partial charge < -0.3 is 58.9 Å². The molecule has 0 unspecified atom stereocenters. The SMILES string of the molecule is NCCCC[C@@H](C(N)=O)N(C(=O)[C@H](CC(=O)O)NC(=O)[C@H](CC(=O)O)NC(=O)[C@H](CC(=O)O)NC(=O)[C@H](CC(=O)O)NC(=O)CN)c1cccc2ccccc12. The number of aliphatic carboxylic acids is 4. The summed E-state index contributed by atoms with van der Waals surface area (Å²) < 4.78 is 0. The molecule has 0 saturated heterocycles. The quantitative estimate of drug-likeness (QED) is 0.0471. The lowest BCUT2D eigenvalue weighted by Gasteiger charge is -2.34. The van der Waals surface area contributed by atoms with Gasteiger partial charge in [0.25, 0.3) is 5.91 Å². The Balaban J connectivity index is 2.55. The first-order valence-corrected chi connectivity index (χ1v) is 17.0. The van der Waals surface area contributed by atoms with E-state index in [4.69, 9.17) is 22.3 Å². The summed E-state index contributed by atoms with van der Waals surface area (Å²) >= 11 is 0. The Hall–Kier alpha value is -6.68. The van der Waals surface area contributed by atoms with Gasteiger partial charge in [-0.3, -0.25) is 52.8 Å². The van der Waals surface area contributed by atoms with E-state index in [2.05, 4.69) is 5.32 Å². The minimum Gasteiger partial charge on any atom is -0.481 e. The smallest absolute Gasteiger partial charge is 0.305 e.